The lowest BCUT2D eigenvalue weighted by Gasteiger charge is -2.24. The van der Waals surface area contributed by atoms with Gasteiger partial charge in [-0.25, -0.2) is 0 Å². The van der Waals surface area contributed by atoms with Gasteiger partial charge < -0.3 is 15.0 Å². The van der Waals surface area contributed by atoms with E-state index in [-0.39, 0.29) is 11.8 Å². The fourth-order valence-electron chi connectivity index (χ4n) is 2.87. The molecule has 1 aliphatic heterocycles. The molecule has 126 valence electrons. The molecule has 1 N–H and O–H groups in total. The topological polar surface area (TPSA) is 71.5 Å². The van der Waals surface area contributed by atoms with Crippen molar-refractivity contribution >= 4 is 28.8 Å². The van der Waals surface area contributed by atoms with Crippen LogP contribution in [0.15, 0.2) is 36.0 Å². The molecule has 1 unspecified atom stereocenters. The first-order chi connectivity index (χ1) is 11.7. The van der Waals surface area contributed by atoms with Crippen LogP contribution in [-0.4, -0.2) is 41.4 Å². The summed E-state index contributed by atoms with van der Waals surface area (Å²) in [7, 11) is 1.54. The Labute approximate surface area is 144 Å². The summed E-state index contributed by atoms with van der Waals surface area (Å²) in [6, 6.07) is 5.11. The molecule has 3 rings (SSSR count). The number of methoxy groups -OCH3 is 1. The Balaban J connectivity index is 1.68. The van der Waals surface area contributed by atoms with Crippen molar-refractivity contribution in [2.24, 2.45) is 0 Å². The van der Waals surface area contributed by atoms with Crippen molar-refractivity contribution in [2.75, 3.05) is 19.0 Å². The predicted molar refractivity (Wildman–Crippen MR) is 92.2 cm³/mol. The number of thiophene rings is 1. The highest BCUT2D eigenvalue weighted by atomic mass is 32.1. The molecule has 2 aromatic heterocycles. The fraction of sp³-hybridized carbons (Fsp3) is 0.353. The lowest BCUT2D eigenvalue weighted by atomic mass is 10.2. The maximum Gasteiger partial charge on any atom is 0.247 e. The van der Waals surface area contributed by atoms with E-state index in [9.17, 15) is 9.59 Å². The molecule has 0 saturated carbocycles. The zero-order valence-corrected chi connectivity index (χ0v) is 14.2. The van der Waals surface area contributed by atoms with Gasteiger partial charge in [-0.15, -0.1) is 11.3 Å². The molecule has 2 amide bonds. The van der Waals surface area contributed by atoms with E-state index < -0.39 is 6.04 Å². The van der Waals surface area contributed by atoms with Gasteiger partial charge in [0, 0.05) is 23.7 Å². The van der Waals surface area contributed by atoms with Crippen LogP contribution in [0.3, 0.4) is 0 Å². The number of hydrogen-bond donors (Lipinski definition) is 1. The Kier molecular flexibility index (Phi) is 5.10. The van der Waals surface area contributed by atoms with Crippen molar-refractivity contribution in [3.63, 3.8) is 0 Å². The van der Waals surface area contributed by atoms with Gasteiger partial charge in [0.05, 0.1) is 19.7 Å². The van der Waals surface area contributed by atoms with Crippen LogP contribution in [0.5, 0.6) is 5.75 Å². The van der Waals surface area contributed by atoms with Gasteiger partial charge in [0.2, 0.25) is 11.8 Å². The Morgan fingerprint density at radius 2 is 2.33 bits per heavy atom. The fourth-order valence-corrected chi connectivity index (χ4v) is 3.57. The third-order valence-electron chi connectivity index (χ3n) is 4.04. The number of nitrogens with one attached hydrogen (secondary N) is 1. The molecule has 6 nitrogen and oxygen atoms in total. The Morgan fingerprint density at radius 3 is 3.08 bits per heavy atom. The van der Waals surface area contributed by atoms with E-state index in [1.54, 1.807) is 34.7 Å². The number of aromatic nitrogens is 1. The van der Waals surface area contributed by atoms with Gasteiger partial charge in [-0.3, -0.25) is 14.6 Å². The van der Waals surface area contributed by atoms with Crippen LogP contribution >= 0.6 is 11.3 Å². The summed E-state index contributed by atoms with van der Waals surface area (Å²) in [5, 5.41) is 4.78. The van der Waals surface area contributed by atoms with Crippen LogP contribution in [0, 0.1) is 0 Å². The molecule has 0 spiro atoms. The molecule has 7 heteroatoms. The highest BCUT2D eigenvalue weighted by molar-refractivity contribution is 7.10. The number of rotatable bonds is 5. The van der Waals surface area contributed by atoms with Crippen molar-refractivity contribution in [1.29, 1.82) is 0 Å². The minimum Gasteiger partial charge on any atom is -0.494 e. The van der Waals surface area contributed by atoms with Crippen molar-refractivity contribution in [3.8, 4) is 5.75 Å². The number of anilines is 1. The number of nitrogens with zero attached hydrogens (tertiary/aromatic N) is 2. The summed E-state index contributed by atoms with van der Waals surface area (Å²) < 4.78 is 5.22. The maximum atomic E-state index is 12.6. The zero-order valence-electron chi connectivity index (χ0n) is 13.4. The average Bonchev–Trinajstić information content (AvgIpc) is 3.26. The molecule has 0 aromatic carbocycles. The molecule has 1 saturated heterocycles. The van der Waals surface area contributed by atoms with Crippen LogP contribution in [0.4, 0.5) is 5.69 Å². The van der Waals surface area contributed by atoms with Crippen LogP contribution in [-0.2, 0) is 16.0 Å². The highest BCUT2D eigenvalue weighted by Gasteiger charge is 2.34. The molecule has 1 atom stereocenters. The molecule has 0 bridgehead atoms. The van der Waals surface area contributed by atoms with E-state index >= 15 is 0 Å². The second kappa shape index (κ2) is 7.44. The van der Waals surface area contributed by atoms with Gasteiger partial charge in [-0.05, 0) is 24.3 Å². The molecule has 1 aliphatic rings. The molecule has 24 heavy (non-hydrogen) atoms. The summed E-state index contributed by atoms with van der Waals surface area (Å²) in [5.74, 6) is 0.347. The molecular weight excluding hydrogens is 326 g/mol. The second-order valence-corrected chi connectivity index (χ2v) is 6.60. The van der Waals surface area contributed by atoms with Crippen LogP contribution in [0.1, 0.15) is 17.7 Å². The summed E-state index contributed by atoms with van der Waals surface area (Å²) in [5.41, 5.74) is 0.516. The third-order valence-corrected chi connectivity index (χ3v) is 4.92. The third kappa shape index (κ3) is 3.56. The van der Waals surface area contributed by atoms with E-state index in [0.717, 1.165) is 11.3 Å². The van der Waals surface area contributed by atoms with E-state index in [2.05, 4.69) is 10.3 Å². The maximum absolute atomic E-state index is 12.6. The van der Waals surface area contributed by atoms with Crippen molar-refractivity contribution in [1.82, 2.24) is 9.88 Å². The van der Waals surface area contributed by atoms with Crippen LogP contribution in [0.25, 0.3) is 0 Å². The molecule has 0 aliphatic carbocycles. The van der Waals surface area contributed by atoms with Crippen molar-refractivity contribution < 1.29 is 14.3 Å². The molecule has 0 radical (unpaired) electrons. The largest absolute Gasteiger partial charge is 0.494 e. The standard InChI is InChI=1S/C17H19N3O3S/c1-23-15-6-7-18-11-13(15)19-17(22)14-5-2-8-20(14)16(21)10-12-4-3-9-24-12/h3-4,6-7,9,11,14H,2,5,8,10H2,1H3,(H,19,22). The summed E-state index contributed by atoms with van der Waals surface area (Å²) in [6.45, 7) is 0.618. The van der Waals surface area contributed by atoms with Gasteiger partial charge in [0.25, 0.3) is 0 Å². The second-order valence-electron chi connectivity index (χ2n) is 5.57. The normalized spacial score (nSPS) is 16.9. The monoisotopic (exact) mass is 345 g/mol. The van der Waals surface area contributed by atoms with Gasteiger partial charge in [0.15, 0.2) is 0 Å². The highest BCUT2D eigenvalue weighted by Crippen LogP contribution is 2.25. The quantitative estimate of drug-likeness (QED) is 0.903. The average molecular weight is 345 g/mol. The van der Waals surface area contributed by atoms with Crippen molar-refractivity contribution in [3.05, 3.63) is 40.8 Å². The molecule has 1 fully saturated rings. The first-order valence-corrected chi connectivity index (χ1v) is 8.67. The van der Waals surface area contributed by atoms with E-state index in [0.29, 0.717) is 30.8 Å². The number of carbonyl (C=O) groups excluding carboxylic acids is 2. The zero-order chi connectivity index (χ0) is 16.9. The number of hydrogen-bond acceptors (Lipinski definition) is 5. The smallest absolute Gasteiger partial charge is 0.247 e. The SMILES string of the molecule is COc1ccncc1NC(=O)C1CCCN1C(=O)Cc1cccs1. The van der Waals surface area contributed by atoms with E-state index in [1.165, 1.54) is 7.11 Å². The molecular formula is C17H19N3O3S. The predicted octanol–water partition coefficient (Wildman–Crippen LogP) is 2.32. The minimum absolute atomic E-state index is 0.00625. The first kappa shape index (κ1) is 16.4. The lowest BCUT2D eigenvalue weighted by molar-refractivity contribution is -0.136. The van der Waals surface area contributed by atoms with Gasteiger partial charge in [0.1, 0.15) is 17.5 Å². The van der Waals surface area contributed by atoms with Crippen LogP contribution in [0.2, 0.25) is 0 Å². The number of ether oxygens (including phenoxy) is 1. The Morgan fingerprint density at radius 1 is 1.46 bits per heavy atom. The van der Waals surface area contributed by atoms with Crippen molar-refractivity contribution in [2.45, 2.75) is 25.3 Å². The first-order valence-electron chi connectivity index (χ1n) is 7.79. The summed E-state index contributed by atoms with van der Waals surface area (Å²) in [6.07, 6.45) is 4.99. The van der Waals surface area contributed by atoms with Gasteiger partial charge in [-0.2, -0.15) is 0 Å². The Bertz CT molecular complexity index is 718. The van der Waals surface area contributed by atoms with Gasteiger partial charge in [-0.1, -0.05) is 6.07 Å². The summed E-state index contributed by atoms with van der Waals surface area (Å²) in [4.78, 5) is 31.8. The number of amides is 2. The van der Waals surface area contributed by atoms with Gasteiger partial charge >= 0.3 is 0 Å². The number of carbonyl (C=O) groups is 2. The lowest BCUT2D eigenvalue weighted by Crippen LogP contribution is -2.43. The summed E-state index contributed by atoms with van der Waals surface area (Å²) >= 11 is 1.55. The Hall–Kier alpha value is -2.41. The number of pyridine rings is 1. The number of likely N-dealkylation sites (tertiary alicyclic amines) is 1. The van der Waals surface area contributed by atoms with Crippen LogP contribution < -0.4 is 10.1 Å². The van der Waals surface area contributed by atoms with E-state index in [4.69, 9.17) is 4.74 Å². The van der Waals surface area contributed by atoms with E-state index in [1.807, 2.05) is 17.5 Å². The molecule has 3 heterocycles. The minimum atomic E-state index is -0.442. The molecule has 2 aromatic rings.